The van der Waals surface area contributed by atoms with Crippen molar-refractivity contribution in [2.45, 2.75) is 53.0 Å². The lowest BCUT2D eigenvalue weighted by molar-refractivity contribution is 0.0713. The lowest BCUT2D eigenvalue weighted by Gasteiger charge is -2.45. The van der Waals surface area contributed by atoms with Crippen LogP contribution in [0.15, 0.2) is 28.7 Å². The largest absolute Gasteiger partial charge is 0.349 e. The zero-order valence-electron chi connectivity index (χ0n) is 12.8. The van der Waals surface area contributed by atoms with Crippen molar-refractivity contribution in [3.05, 3.63) is 34.3 Å². The van der Waals surface area contributed by atoms with Gasteiger partial charge in [-0.1, -0.05) is 39.8 Å². The summed E-state index contributed by atoms with van der Waals surface area (Å²) < 4.78 is 0.854. The van der Waals surface area contributed by atoms with Gasteiger partial charge in [0.25, 0.3) is 5.91 Å². The van der Waals surface area contributed by atoms with Crippen LogP contribution in [0.5, 0.6) is 0 Å². The summed E-state index contributed by atoms with van der Waals surface area (Å²) in [6.45, 7) is 9.19. The Hall–Kier alpha value is -0.830. The van der Waals surface area contributed by atoms with Gasteiger partial charge in [-0.05, 0) is 58.2 Å². The molecule has 1 aliphatic carbocycles. The molecule has 0 aromatic heterocycles. The standard InChI is InChI=1S/C17H24BrNO/c1-16(2)9-12(10-17(3,4)11-16)19-15(20)13-7-5-6-8-14(13)18/h5-8,12H,9-11H2,1-4H3,(H,19,20). The van der Waals surface area contributed by atoms with Crippen molar-refractivity contribution < 1.29 is 4.79 Å². The molecule has 2 rings (SSSR count). The van der Waals surface area contributed by atoms with E-state index in [4.69, 9.17) is 0 Å². The predicted octanol–water partition coefficient (Wildman–Crippen LogP) is 4.78. The first-order valence-electron chi connectivity index (χ1n) is 7.24. The SMILES string of the molecule is CC1(C)CC(NC(=O)c2ccccc2Br)CC(C)(C)C1. The van der Waals surface area contributed by atoms with Crippen molar-refractivity contribution in [1.29, 1.82) is 0 Å². The number of nitrogens with one attached hydrogen (secondary N) is 1. The lowest BCUT2D eigenvalue weighted by atomic mass is 9.63. The van der Waals surface area contributed by atoms with Gasteiger partial charge in [-0.15, -0.1) is 0 Å². The van der Waals surface area contributed by atoms with E-state index in [1.165, 1.54) is 6.42 Å². The van der Waals surface area contributed by atoms with E-state index in [0.717, 1.165) is 17.3 Å². The Morgan fingerprint density at radius 2 is 1.70 bits per heavy atom. The maximum Gasteiger partial charge on any atom is 0.252 e. The summed E-state index contributed by atoms with van der Waals surface area (Å²) in [5.41, 5.74) is 1.29. The Bertz CT molecular complexity index is 491. The number of amides is 1. The van der Waals surface area contributed by atoms with Crippen molar-refractivity contribution in [1.82, 2.24) is 5.32 Å². The number of hydrogen-bond donors (Lipinski definition) is 1. The molecule has 0 spiro atoms. The summed E-state index contributed by atoms with van der Waals surface area (Å²) in [4.78, 5) is 12.4. The minimum atomic E-state index is 0.0241. The van der Waals surface area contributed by atoms with Crippen LogP contribution in [0.1, 0.15) is 57.3 Å². The van der Waals surface area contributed by atoms with E-state index >= 15 is 0 Å². The van der Waals surface area contributed by atoms with E-state index in [1.807, 2.05) is 24.3 Å². The molecule has 1 N–H and O–H groups in total. The summed E-state index contributed by atoms with van der Waals surface area (Å²) in [6.07, 6.45) is 3.31. The summed E-state index contributed by atoms with van der Waals surface area (Å²) in [5, 5.41) is 3.22. The zero-order valence-corrected chi connectivity index (χ0v) is 14.4. The second-order valence-electron chi connectivity index (χ2n) is 7.56. The van der Waals surface area contributed by atoms with Gasteiger partial charge in [0.2, 0.25) is 0 Å². The molecule has 0 atom stereocenters. The number of benzene rings is 1. The first-order chi connectivity index (χ1) is 9.19. The molecule has 20 heavy (non-hydrogen) atoms. The van der Waals surface area contributed by atoms with Crippen molar-refractivity contribution in [2.24, 2.45) is 10.8 Å². The Labute approximate surface area is 130 Å². The Morgan fingerprint density at radius 3 is 2.25 bits per heavy atom. The van der Waals surface area contributed by atoms with Crippen LogP contribution in [0.3, 0.4) is 0 Å². The highest BCUT2D eigenvalue weighted by Crippen LogP contribution is 2.45. The molecular weight excluding hydrogens is 314 g/mol. The van der Waals surface area contributed by atoms with Crippen molar-refractivity contribution in [2.75, 3.05) is 0 Å². The number of hydrogen-bond acceptors (Lipinski definition) is 1. The van der Waals surface area contributed by atoms with Crippen LogP contribution >= 0.6 is 15.9 Å². The second kappa shape index (κ2) is 5.51. The predicted molar refractivity (Wildman–Crippen MR) is 86.8 cm³/mol. The molecule has 0 heterocycles. The second-order valence-corrected chi connectivity index (χ2v) is 8.42. The van der Waals surface area contributed by atoms with Crippen LogP contribution in [0.25, 0.3) is 0 Å². The Kier molecular flexibility index (Phi) is 4.29. The quantitative estimate of drug-likeness (QED) is 0.826. The van der Waals surface area contributed by atoms with Crippen molar-refractivity contribution in [3.8, 4) is 0 Å². The van der Waals surface area contributed by atoms with Gasteiger partial charge < -0.3 is 5.32 Å². The zero-order chi connectivity index (χ0) is 15.0. The molecule has 2 nitrogen and oxygen atoms in total. The van der Waals surface area contributed by atoms with Gasteiger partial charge in [-0.3, -0.25) is 4.79 Å². The van der Waals surface area contributed by atoms with Crippen molar-refractivity contribution >= 4 is 21.8 Å². The fourth-order valence-corrected chi connectivity index (χ4v) is 4.32. The number of rotatable bonds is 2. The maximum absolute atomic E-state index is 12.4. The van der Waals surface area contributed by atoms with Gasteiger partial charge in [0, 0.05) is 10.5 Å². The molecule has 0 saturated heterocycles. The highest BCUT2D eigenvalue weighted by Gasteiger charge is 2.38. The molecule has 0 aliphatic heterocycles. The van der Waals surface area contributed by atoms with E-state index in [0.29, 0.717) is 5.56 Å². The lowest BCUT2D eigenvalue weighted by Crippen LogP contribution is -2.46. The third-order valence-electron chi connectivity index (χ3n) is 4.01. The molecular formula is C17H24BrNO. The minimum absolute atomic E-state index is 0.0241. The van der Waals surface area contributed by atoms with Gasteiger partial charge in [0.1, 0.15) is 0 Å². The Balaban J connectivity index is 2.10. The molecule has 1 aliphatic rings. The average molecular weight is 338 g/mol. The molecule has 0 radical (unpaired) electrons. The highest BCUT2D eigenvalue weighted by atomic mass is 79.9. The van der Waals surface area contributed by atoms with Gasteiger partial charge in [0.15, 0.2) is 0 Å². The van der Waals surface area contributed by atoms with E-state index in [-0.39, 0.29) is 22.8 Å². The average Bonchev–Trinajstić information content (AvgIpc) is 2.24. The van der Waals surface area contributed by atoms with E-state index in [9.17, 15) is 4.79 Å². The summed E-state index contributed by atoms with van der Waals surface area (Å²) in [7, 11) is 0. The van der Waals surface area contributed by atoms with Crippen molar-refractivity contribution in [3.63, 3.8) is 0 Å². The maximum atomic E-state index is 12.4. The fourth-order valence-electron chi connectivity index (χ4n) is 3.86. The minimum Gasteiger partial charge on any atom is -0.349 e. The third-order valence-corrected chi connectivity index (χ3v) is 4.70. The molecule has 1 aromatic carbocycles. The Morgan fingerprint density at radius 1 is 1.15 bits per heavy atom. The molecule has 0 unspecified atom stereocenters. The van der Waals surface area contributed by atoms with E-state index in [1.54, 1.807) is 0 Å². The topological polar surface area (TPSA) is 29.1 Å². The van der Waals surface area contributed by atoms with Crippen LogP contribution in [0.4, 0.5) is 0 Å². The molecule has 3 heteroatoms. The smallest absolute Gasteiger partial charge is 0.252 e. The number of carbonyl (C=O) groups excluding carboxylic acids is 1. The number of halogens is 1. The fraction of sp³-hybridized carbons (Fsp3) is 0.588. The third kappa shape index (κ3) is 3.85. The molecule has 1 amide bonds. The molecule has 1 aromatic rings. The molecule has 0 bridgehead atoms. The van der Waals surface area contributed by atoms with Gasteiger partial charge >= 0.3 is 0 Å². The monoisotopic (exact) mass is 337 g/mol. The van der Waals surface area contributed by atoms with Crippen LogP contribution in [0.2, 0.25) is 0 Å². The normalized spacial score (nSPS) is 21.4. The van der Waals surface area contributed by atoms with Gasteiger partial charge in [0.05, 0.1) is 5.56 Å². The van der Waals surface area contributed by atoms with Gasteiger partial charge in [-0.25, -0.2) is 0 Å². The van der Waals surface area contributed by atoms with Crippen LogP contribution < -0.4 is 5.32 Å². The van der Waals surface area contributed by atoms with Gasteiger partial charge in [-0.2, -0.15) is 0 Å². The van der Waals surface area contributed by atoms with E-state index in [2.05, 4.69) is 48.9 Å². The first-order valence-corrected chi connectivity index (χ1v) is 8.03. The van der Waals surface area contributed by atoms with Crippen LogP contribution in [-0.4, -0.2) is 11.9 Å². The summed E-state index contributed by atoms with van der Waals surface area (Å²) in [5.74, 6) is 0.0241. The summed E-state index contributed by atoms with van der Waals surface area (Å²) in [6, 6.07) is 7.85. The molecule has 1 fully saturated rings. The number of carbonyl (C=O) groups is 1. The van der Waals surface area contributed by atoms with E-state index < -0.39 is 0 Å². The summed E-state index contributed by atoms with van der Waals surface area (Å²) >= 11 is 3.45. The molecule has 110 valence electrons. The first kappa shape index (κ1) is 15.6. The van der Waals surface area contributed by atoms with Crippen LogP contribution in [-0.2, 0) is 0 Å². The van der Waals surface area contributed by atoms with Crippen LogP contribution in [0, 0.1) is 10.8 Å². The molecule has 1 saturated carbocycles. The highest BCUT2D eigenvalue weighted by molar-refractivity contribution is 9.10.